The second kappa shape index (κ2) is 8.17. The standard InChI is InChI=1S/C25H28N4O4/c1-27-22(14-21(26-27)17-4-5-17)25(30)29(15-20-3-2-12-31-20)18-8-10-28(11-9-18)19-6-7-23-24(13-19)33-16-32-23/h2-3,6-7,12-14,17-18H,4-5,8-11,15-16H2,1H3. The number of fused-ring (bicyclic) bond motifs is 1. The Hall–Kier alpha value is -3.42. The van der Waals surface area contributed by atoms with E-state index in [1.54, 1.807) is 10.9 Å². The largest absolute Gasteiger partial charge is 0.467 e. The first kappa shape index (κ1) is 20.2. The van der Waals surface area contributed by atoms with Crippen LogP contribution in [-0.2, 0) is 13.6 Å². The second-order valence-electron chi connectivity index (χ2n) is 9.12. The first-order valence-electron chi connectivity index (χ1n) is 11.7. The summed E-state index contributed by atoms with van der Waals surface area (Å²) in [4.78, 5) is 18.0. The molecule has 2 aliphatic heterocycles. The smallest absolute Gasteiger partial charge is 0.272 e. The molecule has 0 unspecified atom stereocenters. The van der Waals surface area contributed by atoms with Crippen LogP contribution in [0.15, 0.2) is 47.1 Å². The Morgan fingerprint density at radius 2 is 1.91 bits per heavy atom. The number of hydrogen-bond acceptors (Lipinski definition) is 6. The highest BCUT2D eigenvalue weighted by molar-refractivity contribution is 5.93. The average Bonchev–Trinajstić information content (AvgIpc) is 3.21. The quantitative estimate of drug-likeness (QED) is 0.569. The maximum atomic E-state index is 13.7. The maximum Gasteiger partial charge on any atom is 0.272 e. The molecular formula is C25H28N4O4. The number of anilines is 1. The average molecular weight is 449 g/mol. The number of carbonyl (C=O) groups is 1. The molecule has 8 heteroatoms. The third kappa shape index (κ3) is 3.94. The molecule has 1 aromatic carbocycles. The number of amides is 1. The molecule has 0 atom stereocenters. The van der Waals surface area contributed by atoms with Crippen LogP contribution in [0.2, 0.25) is 0 Å². The molecule has 6 rings (SSSR count). The predicted molar refractivity (Wildman–Crippen MR) is 122 cm³/mol. The van der Waals surface area contributed by atoms with Crippen molar-refractivity contribution in [2.45, 2.75) is 44.2 Å². The van der Waals surface area contributed by atoms with Crippen LogP contribution in [0.5, 0.6) is 11.5 Å². The van der Waals surface area contributed by atoms with Gasteiger partial charge in [-0.05, 0) is 56.0 Å². The molecule has 33 heavy (non-hydrogen) atoms. The highest BCUT2D eigenvalue weighted by Gasteiger charge is 2.33. The number of rotatable bonds is 6. The third-order valence-corrected chi connectivity index (χ3v) is 6.91. The Morgan fingerprint density at radius 3 is 2.67 bits per heavy atom. The van der Waals surface area contributed by atoms with Crippen molar-refractivity contribution in [2.24, 2.45) is 7.05 Å². The van der Waals surface area contributed by atoms with E-state index in [0.29, 0.717) is 18.2 Å². The van der Waals surface area contributed by atoms with Crippen molar-refractivity contribution in [2.75, 3.05) is 24.8 Å². The summed E-state index contributed by atoms with van der Waals surface area (Å²) in [6, 6.07) is 12.0. The fraction of sp³-hybridized carbons (Fsp3) is 0.440. The summed E-state index contributed by atoms with van der Waals surface area (Å²) in [5.74, 6) is 2.93. The molecule has 2 aromatic heterocycles. The molecule has 3 aromatic rings. The number of benzene rings is 1. The molecule has 172 valence electrons. The van der Waals surface area contributed by atoms with Gasteiger partial charge in [-0.2, -0.15) is 5.10 Å². The molecule has 0 N–H and O–H groups in total. The zero-order valence-electron chi connectivity index (χ0n) is 18.8. The third-order valence-electron chi connectivity index (χ3n) is 6.91. The van der Waals surface area contributed by atoms with Crippen LogP contribution < -0.4 is 14.4 Å². The molecule has 8 nitrogen and oxygen atoms in total. The van der Waals surface area contributed by atoms with E-state index in [-0.39, 0.29) is 18.7 Å². The number of piperidine rings is 1. The van der Waals surface area contributed by atoms with Gasteiger partial charge in [0.15, 0.2) is 11.5 Å². The summed E-state index contributed by atoms with van der Waals surface area (Å²) in [6.07, 6.45) is 5.76. The molecule has 0 bridgehead atoms. The number of aryl methyl sites for hydroxylation is 1. The minimum atomic E-state index is 0.0230. The van der Waals surface area contributed by atoms with Gasteiger partial charge in [-0.15, -0.1) is 0 Å². The zero-order chi connectivity index (χ0) is 22.4. The zero-order valence-corrected chi connectivity index (χ0v) is 18.8. The SMILES string of the molecule is Cn1nc(C2CC2)cc1C(=O)N(Cc1ccco1)C1CCN(c2ccc3c(c2)OCO3)CC1. The fourth-order valence-electron chi connectivity index (χ4n) is 4.87. The molecule has 4 heterocycles. The van der Waals surface area contributed by atoms with Gasteiger partial charge in [-0.25, -0.2) is 0 Å². The Labute approximate surface area is 192 Å². The normalized spacial score (nSPS) is 18.0. The Balaban J connectivity index is 1.20. The van der Waals surface area contributed by atoms with Gasteiger partial charge < -0.3 is 23.7 Å². The highest BCUT2D eigenvalue weighted by atomic mass is 16.7. The number of aromatic nitrogens is 2. The lowest BCUT2D eigenvalue weighted by molar-refractivity contribution is 0.0602. The van der Waals surface area contributed by atoms with E-state index < -0.39 is 0 Å². The lowest BCUT2D eigenvalue weighted by Gasteiger charge is -2.39. The van der Waals surface area contributed by atoms with E-state index in [2.05, 4.69) is 16.1 Å². The lowest BCUT2D eigenvalue weighted by Crippen LogP contribution is -2.47. The van der Waals surface area contributed by atoms with E-state index >= 15 is 0 Å². The summed E-state index contributed by atoms with van der Waals surface area (Å²) in [6.45, 7) is 2.47. The molecule has 0 spiro atoms. The van der Waals surface area contributed by atoms with Crippen LogP contribution in [0.1, 0.15) is 53.5 Å². The first-order chi connectivity index (χ1) is 16.2. The van der Waals surface area contributed by atoms with E-state index in [4.69, 9.17) is 13.9 Å². The van der Waals surface area contributed by atoms with E-state index in [0.717, 1.165) is 54.6 Å². The molecule has 1 saturated carbocycles. The maximum absolute atomic E-state index is 13.7. The van der Waals surface area contributed by atoms with Crippen LogP contribution in [0.4, 0.5) is 5.69 Å². The fourth-order valence-corrected chi connectivity index (χ4v) is 4.87. The van der Waals surface area contributed by atoms with E-state index in [1.807, 2.05) is 42.3 Å². The van der Waals surface area contributed by atoms with Gasteiger partial charge in [0.25, 0.3) is 5.91 Å². The van der Waals surface area contributed by atoms with Gasteiger partial charge >= 0.3 is 0 Å². The van der Waals surface area contributed by atoms with Crippen LogP contribution in [0, 0.1) is 0 Å². The minimum absolute atomic E-state index is 0.0230. The molecule has 2 fully saturated rings. The van der Waals surface area contributed by atoms with Crippen LogP contribution in [0.3, 0.4) is 0 Å². The summed E-state index contributed by atoms with van der Waals surface area (Å²) >= 11 is 0. The first-order valence-corrected chi connectivity index (χ1v) is 11.7. The topological polar surface area (TPSA) is 73.0 Å². The molecule has 1 saturated heterocycles. The van der Waals surface area contributed by atoms with Crippen LogP contribution in [-0.4, -0.2) is 46.5 Å². The monoisotopic (exact) mass is 448 g/mol. The van der Waals surface area contributed by atoms with Crippen molar-refractivity contribution in [3.63, 3.8) is 0 Å². The lowest BCUT2D eigenvalue weighted by atomic mass is 10.0. The van der Waals surface area contributed by atoms with Crippen molar-refractivity contribution in [1.82, 2.24) is 14.7 Å². The van der Waals surface area contributed by atoms with Crippen LogP contribution >= 0.6 is 0 Å². The van der Waals surface area contributed by atoms with Gasteiger partial charge in [-0.1, -0.05) is 0 Å². The summed E-state index contributed by atoms with van der Waals surface area (Å²) in [5.41, 5.74) is 2.82. The van der Waals surface area contributed by atoms with Gasteiger partial charge in [0.05, 0.1) is 18.5 Å². The van der Waals surface area contributed by atoms with Crippen LogP contribution in [0.25, 0.3) is 0 Å². The predicted octanol–water partition coefficient (Wildman–Crippen LogP) is 3.93. The number of nitrogens with zero attached hydrogens (tertiary/aromatic N) is 4. The van der Waals surface area contributed by atoms with E-state index in [1.165, 1.54) is 12.8 Å². The van der Waals surface area contributed by atoms with Crippen molar-refractivity contribution in [3.05, 3.63) is 59.8 Å². The molecule has 1 aliphatic carbocycles. The van der Waals surface area contributed by atoms with Crippen molar-refractivity contribution < 1.29 is 18.7 Å². The van der Waals surface area contributed by atoms with E-state index in [9.17, 15) is 4.79 Å². The van der Waals surface area contributed by atoms with Gasteiger partial charge in [0.1, 0.15) is 11.5 Å². The minimum Gasteiger partial charge on any atom is -0.467 e. The van der Waals surface area contributed by atoms with Crippen molar-refractivity contribution >= 4 is 11.6 Å². The Morgan fingerprint density at radius 1 is 1.09 bits per heavy atom. The molecule has 0 radical (unpaired) electrons. The summed E-state index contributed by atoms with van der Waals surface area (Å²) in [7, 11) is 1.87. The van der Waals surface area contributed by atoms with Gasteiger partial charge in [0.2, 0.25) is 6.79 Å². The number of furan rings is 1. The van der Waals surface area contributed by atoms with Gasteiger partial charge in [0, 0.05) is 43.9 Å². The van der Waals surface area contributed by atoms with Gasteiger partial charge in [-0.3, -0.25) is 9.48 Å². The summed E-state index contributed by atoms with van der Waals surface area (Å²) < 4.78 is 18.3. The second-order valence-corrected chi connectivity index (χ2v) is 9.12. The number of hydrogen-bond donors (Lipinski definition) is 0. The highest BCUT2D eigenvalue weighted by Crippen LogP contribution is 2.40. The number of ether oxygens (including phenoxy) is 2. The van der Waals surface area contributed by atoms with Crippen molar-refractivity contribution in [3.8, 4) is 11.5 Å². The van der Waals surface area contributed by atoms with Crippen molar-refractivity contribution in [1.29, 1.82) is 0 Å². The summed E-state index contributed by atoms with van der Waals surface area (Å²) in [5, 5.41) is 4.61. The molecule has 1 amide bonds. The number of carbonyl (C=O) groups excluding carboxylic acids is 1. The Kier molecular flexibility index (Phi) is 5.00. The Bertz CT molecular complexity index is 1140. The molecule has 3 aliphatic rings. The molecular weight excluding hydrogens is 420 g/mol.